The normalized spacial score (nSPS) is 14.1. The lowest BCUT2D eigenvalue weighted by molar-refractivity contribution is -0.141. The molecule has 180 valence electrons. The van der Waals surface area contributed by atoms with E-state index in [1.165, 1.54) is 0 Å². The molecule has 1 rings (SSSR count). The van der Waals surface area contributed by atoms with Gasteiger partial charge in [-0.3, -0.25) is 24.0 Å². The van der Waals surface area contributed by atoms with Crippen molar-refractivity contribution in [2.24, 2.45) is 11.5 Å². The third-order valence-corrected chi connectivity index (χ3v) is 4.77. The van der Waals surface area contributed by atoms with Crippen molar-refractivity contribution in [3.8, 4) is 0 Å². The largest absolute Gasteiger partial charge is 0.481 e. The molecule has 0 aliphatic rings. The number of hydrogen-bond acceptors (Lipinski definition) is 8. The number of aliphatic carboxylic acids is 1. The third kappa shape index (κ3) is 10.1. The number of hydrogen-bond donors (Lipinski definition) is 7. The fraction of sp³-hybridized carbons (Fsp3) is 0.400. The Labute approximate surface area is 195 Å². The number of nitrogens with two attached hydrogens (primary N) is 2. The molecule has 0 aliphatic heterocycles. The number of carboxylic acids is 1. The highest BCUT2D eigenvalue weighted by atomic mass is 32.1. The van der Waals surface area contributed by atoms with Crippen molar-refractivity contribution in [3.63, 3.8) is 0 Å². The van der Waals surface area contributed by atoms with E-state index in [0.29, 0.717) is 6.29 Å². The lowest BCUT2D eigenvalue weighted by Gasteiger charge is -2.23. The van der Waals surface area contributed by atoms with Crippen LogP contribution in [-0.2, 0) is 35.2 Å². The highest BCUT2D eigenvalue weighted by Gasteiger charge is 2.31. The van der Waals surface area contributed by atoms with Crippen LogP contribution in [-0.4, -0.2) is 70.9 Å². The van der Waals surface area contributed by atoms with E-state index >= 15 is 0 Å². The minimum absolute atomic E-state index is 0.0463. The molecule has 0 radical (unpaired) electrons. The fourth-order valence-electron chi connectivity index (χ4n) is 2.71. The van der Waals surface area contributed by atoms with Gasteiger partial charge in [0.1, 0.15) is 18.4 Å². The Kier molecular flexibility index (Phi) is 11.6. The van der Waals surface area contributed by atoms with Gasteiger partial charge in [0.15, 0.2) is 0 Å². The summed E-state index contributed by atoms with van der Waals surface area (Å²) in [7, 11) is 0. The summed E-state index contributed by atoms with van der Waals surface area (Å²) in [4.78, 5) is 71.2. The lowest BCUT2D eigenvalue weighted by Crippen LogP contribution is -2.58. The summed E-state index contributed by atoms with van der Waals surface area (Å²) in [5.74, 6) is -5.15. The van der Waals surface area contributed by atoms with Gasteiger partial charge in [-0.15, -0.1) is 0 Å². The van der Waals surface area contributed by atoms with Crippen LogP contribution < -0.4 is 27.4 Å². The average molecular weight is 482 g/mol. The average Bonchev–Trinajstić information content (AvgIpc) is 2.76. The smallest absolute Gasteiger partial charge is 0.305 e. The molecule has 0 saturated heterocycles. The topological polar surface area (TPSA) is 211 Å². The Bertz CT molecular complexity index is 868. The van der Waals surface area contributed by atoms with Crippen LogP contribution >= 0.6 is 12.6 Å². The predicted octanol–water partition coefficient (Wildman–Crippen LogP) is -2.51. The third-order valence-electron chi connectivity index (χ3n) is 4.37. The first kappa shape index (κ1) is 27.6. The molecule has 0 spiro atoms. The molecule has 0 aromatic heterocycles. The molecule has 13 heteroatoms. The van der Waals surface area contributed by atoms with Gasteiger partial charge < -0.3 is 37.3 Å². The number of thiol groups is 1. The Morgan fingerprint density at radius 2 is 1.48 bits per heavy atom. The molecule has 4 atom stereocenters. The number of aldehydes is 1. The monoisotopic (exact) mass is 481 g/mol. The van der Waals surface area contributed by atoms with Crippen molar-refractivity contribution in [2.45, 2.75) is 43.4 Å². The second kappa shape index (κ2) is 13.9. The maximum absolute atomic E-state index is 12.6. The zero-order chi connectivity index (χ0) is 25.0. The van der Waals surface area contributed by atoms with E-state index in [2.05, 4.69) is 28.6 Å². The minimum atomic E-state index is -1.60. The summed E-state index contributed by atoms with van der Waals surface area (Å²) in [6, 6.07) is 3.59. The van der Waals surface area contributed by atoms with Crippen molar-refractivity contribution in [1.29, 1.82) is 0 Å². The number of rotatable bonds is 14. The lowest BCUT2D eigenvalue weighted by atomic mass is 10.1. The van der Waals surface area contributed by atoms with E-state index in [4.69, 9.17) is 16.6 Å². The van der Waals surface area contributed by atoms with Gasteiger partial charge in [0.25, 0.3) is 0 Å². The highest BCUT2D eigenvalue weighted by Crippen LogP contribution is 2.04. The van der Waals surface area contributed by atoms with Crippen molar-refractivity contribution in [3.05, 3.63) is 35.9 Å². The van der Waals surface area contributed by atoms with Crippen LogP contribution in [0.2, 0.25) is 0 Å². The Balaban J connectivity index is 2.94. The van der Waals surface area contributed by atoms with Gasteiger partial charge in [0.2, 0.25) is 23.6 Å². The van der Waals surface area contributed by atoms with Gasteiger partial charge in [0, 0.05) is 5.75 Å². The van der Waals surface area contributed by atoms with Crippen LogP contribution in [0.15, 0.2) is 30.3 Å². The van der Waals surface area contributed by atoms with Gasteiger partial charge in [-0.1, -0.05) is 30.3 Å². The standard InChI is InChI=1S/C20H27N5O7S/c21-13(10-33)18(30)24-14(7-16(22)27)20(32)25-15(8-17(28)29)19(31)23-12(9-26)6-11-4-2-1-3-5-11/h1-5,9,12-15,33H,6-8,10,21H2,(H2,22,27)(H,23,31)(H,24,30)(H,25,32)(H,28,29)/t12-,13-,14-,15-/m0/s1. The number of nitrogens with one attached hydrogen (secondary N) is 3. The summed E-state index contributed by atoms with van der Waals surface area (Å²) in [5, 5.41) is 15.9. The maximum Gasteiger partial charge on any atom is 0.305 e. The Morgan fingerprint density at radius 3 is 2.00 bits per heavy atom. The number of benzene rings is 1. The van der Waals surface area contributed by atoms with E-state index in [-0.39, 0.29) is 12.2 Å². The number of carboxylic acid groups (broad SMARTS) is 1. The second-order valence-corrected chi connectivity index (χ2v) is 7.49. The molecule has 12 nitrogen and oxygen atoms in total. The number of amides is 4. The molecular formula is C20H27N5O7S. The van der Waals surface area contributed by atoms with E-state index in [0.717, 1.165) is 5.56 Å². The van der Waals surface area contributed by atoms with Gasteiger partial charge >= 0.3 is 5.97 Å². The summed E-state index contributed by atoms with van der Waals surface area (Å²) in [5.41, 5.74) is 11.4. The first-order chi connectivity index (χ1) is 15.6. The van der Waals surface area contributed by atoms with Crippen LogP contribution in [0.3, 0.4) is 0 Å². The van der Waals surface area contributed by atoms with Crippen molar-refractivity contribution >= 4 is 48.5 Å². The van der Waals surface area contributed by atoms with E-state index in [1.54, 1.807) is 30.3 Å². The molecule has 0 aliphatic carbocycles. The molecule has 1 aromatic rings. The molecule has 4 amide bonds. The summed E-state index contributed by atoms with van der Waals surface area (Å²) in [6.07, 6.45) is -0.809. The fourth-order valence-corrected chi connectivity index (χ4v) is 2.88. The minimum Gasteiger partial charge on any atom is -0.481 e. The molecule has 8 N–H and O–H groups in total. The van der Waals surface area contributed by atoms with Crippen molar-refractivity contribution in [1.82, 2.24) is 16.0 Å². The molecule has 1 aromatic carbocycles. The zero-order valence-electron chi connectivity index (χ0n) is 17.6. The van der Waals surface area contributed by atoms with Gasteiger partial charge in [-0.2, -0.15) is 12.6 Å². The highest BCUT2D eigenvalue weighted by molar-refractivity contribution is 7.80. The molecule has 33 heavy (non-hydrogen) atoms. The SMILES string of the molecule is NC(=O)C[C@H](NC(=O)[C@@H](N)CS)C(=O)N[C@@H](CC(=O)O)C(=O)N[C@H](C=O)Cc1ccccc1. The van der Waals surface area contributed by atoms with Crippen molar-refractivity contribution in [2.75, 3.05) is 5.75 Å². The van der Waals surface area contributed by atoms with Crippen LogP contribution in [0.5, 0.6) is 0 Å². The zero-order valence-corrected chi connectivity index (χ0v) is 18.5. The number of carbonyl (C=O) groups is 6. The first-order valence-corrected chi connectivity index (χ1v) is 10.5. The van der Waals surface area contributed by atoms with Crippen LogP contribution in [0, 0.1) is 0 Å². The molecular weight excluding hydrogens is 454 g/mol. The summed E-state index contributed by atoms with van der Waals surface area (Å²) in [6.45, 7) is 0. The molecule has 0 bridgehead atoms. The quantitative estimate of drug-likeness (QED) is 0.111. The van der Waals surface area contributed by atoms with Crippen LogP contribution in [0.4, 0.5) is 0 Å². The van der Waals surface area contributed by atoms with Gasteiger partial charge in [-0.25, -0.2) is 0 Å². The second-order valence-electron chi connectivity index (χ2n) is 7.12. The Hall–Kier alpha value is -3.45. The molecule has 0 unspecified atom stereocenters. The van der Waals surface area contributed by atoms with Gasteiger partial charge in [-0.05, 0) is 12.0 Å². The van der Waals surface area contributed by atoms with E-state index < -0.39 is 66.6 Å². The number of carbonyl (C=O) groups excluding carboxylic acids is 5. The van der Waals surface area contributed by atoms with E-state index in [9.17, 15) is 28.8 Å². The molecule has 0 saturated carbocycles. The predicted molar refractivity (Wildman–Crippen MR) is 120 cm³/mol. The summed E-state index contributed by atoms with van der Waals surface area (Å²) >= 11 is 3.87. The van der Waals surface area contributed by atoms with Crippen LogP contribution in [0.1, 0.15) is 18.4 Å². The van der Waals surface area contributed by atoms with E-state index in [1.807, 2.05) is 0 Å². The van der Waals surface area contributed by atoms with Crippen molar-refractivity contribution < 1.29 is 33.9 Å². The maximum atomic E-state index is 12.6. The number of primary amides is 1. The first-order valence-electron chi connectivity index (χ1n) is 9.84. The molecule has 0 heterocycles. The van der Waals surface area contributed by atoms with Gasteiger partial charge in [0.05, 0.1) is 24.9 Å². The Morgan fingerprint density at radius 1 is 0.939 bits per heavy atom. The summed E-state index contributed by atoms with van der Waals surface area (Å²) < 4.78 is 0. The molecule has 0 fully saturated rings. The van der Waals surface area contributed by atoms with Crippen LogP contribution in [0.25, 0.3) is 0 Å².